The van der Waals surface area contributed by atoms with Crippen LogP contribution in [0.2, 0.25) is 0 Å². The van der Waals surface area contributed by atoms with Crippen molar-refractivity contribution in [3.63, 3.8) is 0 Å². The summed E-state index contributed by atoms with van der Waals surface area (Å²) in [7, 11) is 0. The molecule has 3 rings (SSSR count). The van der Waals surface area contributed by atoms with Crippen LogP contribution in [0.25, 0.3) is 0 Å². The summed E-state index contributed by atoms with van der Waals surface area (Å²) >= 11 is 0. The molecule has 0 aromatic carbocycles. The van der Waals surface area contributed by atoms with Gasteiger partial charge < -0.3 is 35.8 Å². The second-order valence-corrected chi connectivity index (χ2v) is 13.3. The third-order valence-electron chi connectivity index (χ3n) is 9.83. The van der Waals surface area contributed by atoms with E-state index in [-0.39, 0.29) is 24.3 Å². The van der Waals surface area contributed by atoms with E-state index >= 15 is 0 Å². The van der Waals surface area contributed by atoms with Gasteiger partial charge in [0.25, 0.3) is 0 Å². The van der Waals surface area contributed by atoms with Gasteiger partial charge in [-0.15, -0.1) is 5.92 Å². The number of quaternary nitrogens is 2. The SMILES string of the molecule is CC[C@H]1C#CC[C@H]([C@H](O)CCC2CCC(O)C(OCCCC3CC[NH2+]C(N)C3)C2)[C@@H](O)CC[C@@H]([NH2+]C[C@H](C)O)C1. The van der Waals surface area contributed by atoms with Gasteiger partial charge >= 0.3 is 0 Å². The predicted molar refractivity (Wildman–Crippen MR) is 157 cm³/mol. The number of hydrogen-bond donors (Lipinski definition) is 7. The average molecular weight is 568 g/mol. The van der Waals surface area contributed by atoms with Gasteiger partial charge in [0.05, 0.1) is 43.1 Å². The highest BCUT2D eigenvalue weighted by molar-refractivity contribution is 5.06. The van der Waals surface area contributed by atoms with E-state index in [1.54, 1.807) is 0 Å². The molecular formula is C32H61N3O5+2. The Labute approximate surface area is 243 Å². The standard InChI is InChI=1S/C32H59N3O5/c1-3-23-6-4-8-27(29(38)14-11-26(18-23)35-21-22(2)36)28(37)12-9-25-10-13-30(39)31(19-25)40-17-5-7-24-15-16-34-32(33)20-24/h22-32,34-39H,3,5,7-21,33H2,1-2H3/p+2/t22-,23-,24?,25?,26+,27+,28+,29-,30?,31?,32?/m0/s1. The van der Waals surface area contributed by atoms with E-state index in [1.165, 1.54) is 6.42 Å². The quantitative estimate of drug-likeness (QED) is 0.128. The van der Waals surface area contributed by atoms with E-state index in [9.17, 15) is 20.4 Å². The maximum absolute atomic E-state index is 11.2. The lowest BCUT2D eigenvalue weighted by Crippen LogP contribution is -2.94. The first-order valence-corrected chi connectivity index (χ1v) is 16.5. The highest BCUT2D eigenvalue weighted by atomic mass is 16.5. The van der Waals surface area contributed by atoms with Crippen molar-refractivity contribution < 1.29 is 35.8 Å². The van der Waals surface area contributed by atoms with Crippen LogP contribution in [0, 0.1) is 35.5 Å². The maximum atomic E-state index is 11.2. The van der Waals surface area contributed by atoms with Crippen LogP contribution < -0.4 is 16.4 Å². The van der Waals surface area contributed by atoms with E-state index in [0.717, 1.165) is 70.8 Å². The number of piperidine rings is 1. The fraction of sp³-hybridized carbons (Fsp3) is 0.938. The van der Waals surface area contributed by atoms with Gasteiger partial charge in [-0.2, -0.15) is 0 Å². The van der Waals surface area contributed by atoms with Crippen molar-refractivity contribution >= 4 is 0 Å². The van der Waals surface area contributed by atoms with Gasteiger partial charge in [-0.25, -0.2) is 0 Å². The molecule has 232 valence electrons. The first kappa shape index (κ1) is 33.7. The summed E-state index contributed by atoms with van der Waals surface area (Å²) in [6.07, 6.45) is 10.7. The van der Waals surface area contributed by atoms with Crippen LogP contribution in [0.4, 0.5) is 0 Å². The summed E-state index contributed by atoms with van der Waals surface area (Å²) < 4.78 is 6.18. The second-order valence-electron chi connectivity index (χ2n) is 13.3. The van der Waals surface area contributed by atoms with Crippen molar-refractivity contribution in [1.82, 2.24) is 0 Å². The number of nitrogens with two attached hydrogens (primary N) is 3. The number of aliphatic hydroxyl groups is 4. The van der Waals surface area contributed by atoms with Gasteiger partial charge in [0, 0.05) is 44.1 Å². The highest BCUT2D eigenvalue weighted by Gasteiger charge is 2.33. The molecule has 0 aromatic heterocycles. The molecule has 8 nitrogen and oxygen atoms in total. The molecular weight excluding hydrogens is 506 g/mol. The minimum absolute atomic E-state index is 0.122. The molecule has 10 N–H and O–H groups in total. The van der Waals surface area contributed by atoms with Crippen LogP contribution in [0.15, 0.2) is 0 Å². The number of hydrogen-bond acceptors (Lipinski definition) is 6. The summed E-state index contributed by atoms with van der Waals surface area (Å²) in [5.41, 5.74) is 6.08. The van der Waals surface area contributed by atoms with Crippen molar-refractivity contribution in [3.8, 4) is 11.8 Å². The maximum Gasteiger partial charge on any atom is 0.137 e. The van der Waals surface area contributed by atoms with Gasteiger partial charge in [-0.1, -0.05) is 12.8 Å². The van der Waals surface area contributed by atoms with E-state index in [2.05, 4.69) is 29.4 Å². The van der Waals surface area contributed by atoms with Crippen molar-refractivity contribution in [2.45, 2.75) is 146 Å². The van der Waals surface area contributed by atoms with Gasteiger partial charge in [-0.3, -0.25) is 5.73 Å². The topological polar surface area (TPSA) is 149 Å². The molecule has 3 aliphatic rings. The summed E-state index contributed by atoms with van der Waals surface area (Å²) in [4.78, 5) is 0. The molecule has 2 aliphatic carbocycles. The van der Waals surface area contributed by atoms with Crippen molar-refractivity contribution in [3.05, 3.63) is 0 Å². The number of rotatable bonds is 13. The Balaban J connectivity index is 1.44. The minimum Gasteiger partial charge on any atom is -0.393 e. The zero-order valence-electron chi connectivity index (χ0n) is 25.3. The Hall–Kier alpha value is -0.760. The first-order valence-electron chi connectivity index (χ1n) is 16.5. The lowest BCUT2D eigenvalue weighted by Gasteiger charge is -2.34. The largest absolute Gasteiger partial charge is 0.393 e. The van der Waals surface area contributed by atoms with Gasteiger partial charge in [-0.05, 0) is 83.0 Å². The third-order valence-corrected chi connectivity index (χ3v) is 9.83. The molecule has 0 spiro atoms. The first-order chi connectivity index (χ1) is 19.2. The fourth-order valence-electron chi connectivity index (χ4n) is 7.13. The van der Waals surface area contributed by atoms with Crippen molar-refractivity contribution in [1.29, 1.82) is 0 Å². The molecule has 0 amide bonds. The van der Waals surface area contributed by atoms with Crippen LogP contribution in [0.5, 0.6) is 0 Å². The van der Waals surface area contributed by atoms with Gasteiger partial charge in [0.1, 0.15) is 12.7 Å². The Morgan fingerprint density at radius 1 is 1.00 bits per heavy atom. The molecule has 8 heteroatoms. The molecule has 0 aromatic rings. The average Bonchev–Trinajstić information content (AvgIpc) is 2.93. The van der Waals surface area contributed by atoms with Crippen LogP contribution >= 0.6 is 0 Å². The Bertz CT molecular complexity index is 759. The van der Waals surface area contributed by atoms with Crippen LogP contribution in [0.1, 0.15) is 104 Å². The summed E-state index contributed by atoms with van der Waals surface area (Å²) in [6.45, 7) is 6.44. The summed E-state index contributed by atoms with van der Waals surface area (Å²) in [6, 6.07) is 0.323. The lowest BCUT2D eigenvalue weighted by molar-refractivity contribution is -0.699. The minimum atomic E-state index is -0.589. The molecule has 1 saturated heterocycles. The van der Waals surface area contributed by atoms with E-state index in [0.29, 0.717) is 56.2 Å². The summed E-state index contributed by atoms with van der Waals surface area (Å²) in [5.74, 6) is 7.91. The predicted octanol–water partition coefficient (Wildman–Crippen LogP) is 0.606. The molecule has 1 aliphatic heterocycles. The van der Waals surface area contributed by atoms with Gasteiger partial charge in [0.15, 0.2) is 0 Å². The fourth-order valence-corrected chi connectivity index (χ4v) is 7.13. The zero-order chi connectivity index (χ0) is 28.9. The third kappa shape index (κ3) is 11.9. The second kappa shape index (κ2) is 18.0. The molecule has 5 unspecified atom stereocenters. The molecule has 0 bridgehead atoms. The normalized spacial score (nSPS) is 37.2. The molecule has 0 radical (unpaired) electrons. The molecule has 11 atom stereocenters. The smallest absolute Gasteiger partial charge is 0.137 e. The molecule has 2 fully saturated rings. The highest BCUT2D eigenvalue weighted by Crippen LogP contribution is 2.32. The zero-order valence-corrected chi connectivity index (χ0v) is 25.3. The molecule has 1 heterocycles. The van der Waals surface area contributed by atoms with E-state index < -0.39 is 18.3 Å². The molecule has 1 saturated carbocycles. The van der Waals surface area contributed by atoms with Crippen LogP contribution in [-0.2, 0) is 4.74 Å². The van der Waals surface area contributed by atoms with Crippen LogP contribution in [-0.4, -0.2) is 82.8 Å². The Kier molecular flexibility index (Phi) is 15.2. The van der Waals surface area contributed by atoms with Crippen molar-refractivity contribution in [2.75, 3.05) is 19.7 Å². The Morgan fingerprint density at radius 3 is 2.52 bits per heavy atom. The Morgan fingerprint density at radius 2 is 1.77 bits per heavy atom. The molecule has 40 heavy (non-hydrogen) atoms. The lowest BCUT2D eigenvalue weighted by atomic mass is 9.79. The monoisotopic (exact) mass is 567 g/mol. The van der Waals surface area contributed by atoms with Crippen molar-refractivity contribution in [2.24, 2.45) is 29.4 Å². The van der Waals surface area contributed by atoms with E-state index in [4.69, 9.17) is 10.5 Å². The van der Waals surface area contributed by atoms with Crippen LogP contribution in [0.3, 0.4) is 0 Å². The van der Waals surface area contributed by atoms with Gasteiger partial charge in [0.2, 0.25) is 0 Å². The number of ether oxygens (including phenoxy) is 1. The number of aliphatic hydroxyl groups excluding tert-OH is 4. The van der Waals surface area contributed by atoms with E-state index in [1.807, 2.05) is 6.92 Å². The summed E-state index contributed by atoms with van der Waals surface area (Å²) in [5, 5.41) is 47.0.